The highest BCUT2D eigenvalue weighted by molar-refractivity contribution is 8.14. The number of fused-ring (bicyclic) bond motifs is 1. The number of methoxy groups -OCH3 is 1. The van der Waals surface area contributed by atoms with Gasteiger partial charge in [0.25, 0.3) is 23.5 Å². The van der Waals surface area contributed by atoms with E-state index >= 15 is 0 Å². The first-order valence-electron chi connectivity index (χ1n) is 12.6. The van der Waals surface area contributed by atoms with E-state index in [0.717, 1.165) is 29.1 Å². The largest absolute Gasteiger partial charge is 0.497 e. The van der Waals surface area contributed by atoms with Crippen LogP contribution in [0.25, 0.3) is 0 Å². The van der Waals surface area contributed by atoms with Crippen molar-refractivity contribution in [1.82, 2.24) is 15.5 Å². The van der Waals surface area contributed by atoms with Gasteiger partial charge >= 0.3 is 5.97 Å². The van der Waals surface area contributed by atoms with E-state index in [4.69, 9.17) is 14.2 Å². The van der Waals surface area contributed by atoms with Crippen molar-refractivity contribution in [3.05, 3.63) is 77.6 Å². The van der Waals surface area contributed by atoms with Crippen LogP contribution in [0.5, 0.6) is 5.75 Å². The Bertz CT molecular complexity index is 1320. The molecule has 3 amide bonds. The van der Waals surface area contributed by atoms with Gasteiger partial charge in [-0.1, -0.05) is 68.1 Å². The van der Waals surface area contributed by atoms with E-state index in [1.807, 2.05) is 13.8 Å². The van der Waals surface area contributed by atoms with Crippen molar-refractivity contribution in [2.45, 2.75) is 48.5 Å². The van der Waals surface area contributed by atoms with Crippen LogP contribution in [0.1, 0.15) is 31.1 Å². The number of esters is 1. The minimum atomic E-state index is -1.26. The van der Waals surface area contributed by atoms with Crippen LogP contribution in [0.3, 0.4) is 0 Å². The lowest BCUT2D eigenvalue weighted by Crippen LogP contribution is -2.70. The number of thioether (sulfide) groups is 2. The zero-order chi connectivity index (χ0) is 29.5. The number of nitrogens with one attached hydrogen (secondary N) is 2. The molecule has 3 unspecified atom stereocenters. The van der Waals surface area contributed by atoms with Gasteiger partial charge in [0, 0.05) is 17.0 Å². The topological polar surface area (TPSA) is 140 Å². The Kier molecular flexibility index (Phi) is 9.95. The van der Waals surface area contributed by atoms with Gasteiger partial charge in [-0.15, -0.1) is 11.8 Å². The third-order valence-corrected chi connectivity index (χ3v) is 8.37. The summed E-state index contributed by atoms with van der Waals surface area (Å²) >= 11 is 2.11. The first-order valence-corrected chi connectivity index (χ1v) is 14.4. The summed E-state index contributed by atoms with van der Waals surface area (Å²) in [5, 5.41) is 3.34. The van der Waals surface area contributed by atoms with Gasteiger partial charge in [0.1, 0.15) is 29.0 Å². The van der Waals surface area contributed by atoms with Crippen molar-refractivity contribution in [1.29, 1.82) is 0 Å². The Labute approximate surface area is 245 Å². The summed E-state index contributed by atoms with van der Waals surface area (Å²) in [7, 11) is 1.55. The molecule has 0 saturated carbocycles. The summed E-state index contributed by atoms with van der Waals surface area (Å²) in [6.07, 6.45) is 0.147. The van der Waals surface area contributed by atoms with E-state index < -0.39 is 40.6 Å². The molecular formula is C28H29N3O8S2. The van der Waals surface area contributed by atoms with E-state index in [9.17, 15) is 24.0 Å². The van der Waals surface area contributed by atoms with Crippen molar-refractivity contribution >= 4 is 53.0 Å². The maximum absolute atomic E-state index is 13.3. The van der Waals surface area contributed by atoms with Crippen LogP contribution >= 0.6 is 23.5 Å². The first-order chi connectivity index (χ1) is 19.7. The molecule has 0 aliphatic carbocycles. The Hall–Kier alpha value is -3.97. The fraction of sp³-hybridized carbons (Fsp3) is 0.321. The van der Waals surface area contributed by atoms with Gasteiger partial charge in [-0.05, 0) is 17.7 Å². The van der Waals surface area contributed by atoms with Gasteiger partial charge < -0.3 is 29.7 Å². The Morgan fingerprint density at radius 3 is 2.44 bits per heavy atom. The fourth-order valence-electron chi connectivity index (χ4n) is 4.13. The van der Waals surface area contributed by atoms with E-state index in [2.05, 4.69) is 10.6 Å². The summed E-state index contributed by atoms with van der Waals surface area (Å²) in [4.78, 5) is 64.2. The number of carbonyl (C=O) groups excluding carboxylic acids is 5. The number of hydrogen-bond acceptors (Lipinski definition) is 10. The van der Waals surface area contributed by atoms with Crippen LogP contribution in [-0.2, 0) is 35.3 Å². The molecule has 2 heterocycles. The molecule has 4 rings (SSSR count). The van der Waals surface area contributed by atoms with E-state index in [1.54, 1.807) is 61.7 Å². The number of rotatable bonds is 11. The number of nitrogens with zero attached hydrogens (tertiary/aromatic N) is 1. The van der Waals surface area contributed by atoms with Crippen molar-refractivity contribution in [3.63, 3.8) is 0 Å². The molecule has 2 aromatic rings. The van der Waals surface area contributed by atoms with Crippen LogP contribution in [0, 0.1) is 0 Å². The van der Waals surface area contributed by atoms with Crippen LogP contribution < -0.4 is 15.4 Å². The van der Waals surface area contributed by atoms with E-state index in [-0.39, 0.29) is 29.3 Å². The maximum Gasteiger partial charge on any atom is 0.325 e. The molecule has 11 nitrogen and oxygen atoms in total. The molecule has 2 aromatic carbocycles. The monoisotopic (exact) mass is 599 g/mol. The molecular weight excluding hydrogens is 570 g/mol. The average Bonchev–Trinajstić information content (AvgIpc) is 2.97. The lowest BCUT2D eigenvalue weighted by molar-refractivity contribution is -0.151. The molecule has 2 N–H and O–H groups in total. The molecule has 0 radical (unpaired) electrons. The minimum Gasteiger partial charge on any atom is -0.497 e. The van der Waals surface area contributed by atoms with Crippen molar-refractivity contribution in [2.24, 2.45) is 0 Å². The number of hydrogen-bond donors (Lipinski definition) is 2. The van der Waals surface area contributed by atoms with Gasteiger partial charge in [0.15, 0.2) is 0 Å². The third kappa shape index (κ3) is 7.22. The molecule has 2 aliphatic rings. The Morgan fingerprint density at radius 2 is 1.80 bits per heavy atom. The molecule has 1 fully saturated rings. The van der Waals surface area contributed by atoms with Gasteiger partial charge in [0.05, 0.1) is 12.8 Å². The fourth-order valence-corrected chi connectivity index (χ4v) is 6.10. The molecule has 216 valence electrons. The Balaban J connectivity index is 1.50. The second kappa shape index (κ2) is 13.6. The van der Waals surface area contributed by atoms with Gasteiger partial charge in [-0.2, -0.15) is 0 Å². The zero-order valence-corrected chi connectivity index (χ0v) is 24.1. The van der Waals surface area contributed by atoms with Crippen molar-refractivity contribution in [2.75, 3.05) is 7.11 Å². The van der Waals surface area contributed by atoms with Crippen molar-refractivity contribution < 1.29 is 38.2 Å². The van der Waals surface area contributed by atoms with Crippen LogP contribution in [0.4, 0.5) is 4.79 Å². The standard InChI is InChI=1S/C28H29N3O8S2/c1-16(2)40-28(36)29-20-13-31-25(34)21(30-24(33)22(39-15-32)18-7-5-4-6-8-18)26(31)41-23(20)27(35)38-14-17-9-11-19(37-3)12-10-17/h4-13,15-16,21-23,26H,14H2,1-3H3,(H,29,36)(H,30,33)/t21?,22?,23?,26-/m1/s1. The SMILES string of the molecule is COc1ccc(COC(=O)C2S[C@@H]3C(NC(=O)C(OC=O)c4ccccc4)C(=O)N3C=C2NC(=O)SC(C)C)cc1. The van der Waals surface area contributed by atoms with Gasteiger partial charge in [0.2, 0.25) is 6.10 Å². The van der Waals surface area contributed by atoms with Gasteiger partial charge in [-0.25, -0.2) is 0 Å². The predicted octanol–water partition coefficient (Wildman–Crippen LogP) is 3.11. The molecule has 4 atom stereocenters. The molecule has 0 bridgehead atoms. The second-order valence-corrected chi connectivity index (χ2v) is 12.1. The third-order valence-electron chi connectivity index (χ3n) is 6.09. The quantitative estimate of drug-likeness (QED) is 0.225. The number of carbonyl (C=O) groups is 5. The summed E-state index contributed by atoms with van der Waals surface area (Å²) in [5.74, 6) is -1.09. The molecule has 0 spiro atoms. The van der Waals surface area contributed by atoms with E-state index in [1.165, 1.54) is 11.1 Å². The first kappa shape index (κ1) is 30.0. The number of amides is 3. The summed E-state index contributed by atoms with van der Waals surface area (Å²) in [5.41, 5.74) is 1.37. The predicted molar refractivity (Wildman–Crippen MR) is 152 cm³/mol. The highest BCUT2D eigenvalue weighted by Gasteiger charge is 2.53. The molecule has 2 aliphatic heterocycles. The van der Waals surface area contributed by atoms with Gasteiger partial charge in [-0.3, -0.25) is 24.0 Å². The highest BCUT2D eigenvalue weighted by atomic mass is 32.2. The molecule has 1 saturated heterocycles. The number of benzene rings is 2. The molecule has 13 heteroatoms. The Morgan fingerprint density at radius 1 is 1.10 bits per heavy atom. The normalized spacial score (nSPS) is 20.1. The van der Waals surface area contributed by atoms with Crippen LogP contribution in [0.2, 0.25) is 0 Å². The lowest BCUT2D eigenvalue weighted by Gasteiger charge is -2.48. The summed E-state index contributed by atoms with van der Waals surface area (Å²) in [6, 6.07) is 14.4. The van der Waals surface area contributed by atoms with E-state index in [0.29, 0.717) is 11.3 Å². The van der Waals surface area contributed by atoms with Crippen LogP contribution in [0.15, 0.2) is 66.5 Å². The van der Waals surface area contributed by atoms with Crippen molar-refractivity contribution in [3.8, 4) is 5.75 Å². The zero-order valence-electron chi connectivity index (χ0n) is 22.5. The summed E-state index contributed by atoms with van der Waals surface area (Å²) in [6.45, 7) is 3.86. The molecule has 0 aromatic heterocycles. The second-order valence-electron chi connectivity index (χ2n) is 9.28. The smallest absolute Gasteiger partial charge is 0.325 e. The average molecular weight is 600 g/mol. The highest BCUT2D eigenvalue weighted by Crippen LogP contribution is 2.41. The maximum atomic E-state index is 13.3. The number of β-lactam (4-membered cyclic amide) rings is 1. The summed E-state index contributed by atoms with van der Waals surface area (Å²) < 4.78 is 15.7. The molecule has 41 heavy (non-hydrogen) atoms. The van der Waals surface area contributed by atoms with Crippen LogP contribution in [-0.4, -0.2) is 63.4 Å². The lowest BCUT2D eigenvalue weighted by atomic mass is 10.0. The minimum absolute atomic E-state index is 0.00329. The number of ether oxygens (including phenoxy) is 3.